The van der Waals surface area contributed by atoms with Gasteiger partial charge < -0.3 is 35.8 Å². The Labute approximate surface area is 310 Å². The molecule has 4 aliphatic rings. The third-order valence-electron chi connectivity index (χ3n) is 11.5. The Morgan fingerprint density at radius 1 is 1.06 bits per heavy atom. The number of hydrogen-bond acceptors (Lipinski definition) is 10. The van der Waals surface area contributed by atoms with Gasteiger partial charge in [0.15, 0.2) is 11.4 Å². The third kappa shape index (κ3) is 7.40. The number of hydrogen-bond donors (Lipinski definition) is 5. The van der Waals surface area contributed by atoms with Crippen molar-refractivity contribution in [3.05, 3.63) is 23.8 Å². The van der Waals surface area contributed by atoms with Crippen LogP contribution in [-0.4, -0.2) is 101 Å². The van der Waals surface area contributed by atoms with E-state index in [1.807, 2.05) is 20.8 Å². The highest BCUT2D eigenvalue weighted by Crippen LogP contribution is 2.72. The molecule has 0 aliphatic heterocycles. The number of rotatable bonds is 14. The normalized spacial score (nSPS) is 34.1. The fraction of sp³-hybridized carbons (Fsp3) is 0.686. The maximum Gasteiger partial charge on any atom is 0.306 e. The van der Waals surface area contributed by atoms with Gasteiger partial charge in [-0.1, -0.05) is 55.3 Å². The van der Waals surface area contributed by atoms with E-state index in [9.17, 15) is 38.7 Å². The number of amides is 4. The van der Waals surface area contributed by atoms with Gasteiger partial charge in [-0.25, -0.2) is 0 Å². The Bertz CT molecular complexity index is 1520. The summed E-state index contributed by atoms with van der Waals surface area (Å²) in [5.41, 5.74) is -2.57. The molecule has 4 aliphatic carbocycles. The summed E-state index contributed by atoms with van der Waals surface area (Å²) in [6.07, 6.45) is 5.57. The van der Waals surface area contributed by atoms with Crippen LogP contribution in [0.1, 0.15) is 66.7 Å². The highest BCUT2D eigenvalue weighted by atomic mass is 79.9. The lowest BCUT2D eigenvalue weighted by Crippen LogP contribution is -2.69. The Morgan fingerprint density at radius 3 is 2.41 bits per heavy atom. The highest BCUT2D eigenvalue weighted by molar-refractivity contribution is 9.09. The fourth-order valence-electron chi connectivity index (χ4n) is 9.00. The first-order chi connectivity index (χ1) is 23.9. The molecular formula is C35H48BrClN4O10. The molecule has 1 unspecified atom stereocenters. The molecule has 0 aromatic carbocycles. The van der Waals surface area contributed by atoms with Crippen molar-refractivity contribution in [2.24, 2.45) is 28.6 Å². The molecule has 5 N–H and O–H groups in total. The molecule has 0 aromatic rings. The van der Waals surface area contributed by atoms with Crippen molar-refractivity contribution in [3.8, 4) is 0 Å². The molecule has 0 bridgehead atoms. The van der Waals surface area contributed by atoms with Crippen LogP contribution < -0.4 is 21.3 Å². The van der Waals surface area contributed by atoms with Crippen molar-refractivity contribution in [1.29, 1.82) is 0 Å². The van der Waals surface area contributed by atoms with Gasteiger partial charge in [0.25, 0.3) is 0 Å². The van der Waals surface area contributed by atoms with Gasteiger partial charge in [0.2, 0.25) is 29.4 Å². The number of carbonyl (C=O) groups excluding carboxylic acids is 7. The number of ether oxygens (including phenoxy) is 2. The molecule has 4 rings (SSSR count). The van der Waals surface area contributed by atoms with Crippen molar-refractivity contribution in [2.75, 3.05) is 31.8 Å². The minimum Gasteiger partial charge on any atom is -0.450 e. The van der Waals surface area contributed by atoms with Crippen molar-refractivity contribution in [3.63, 3.8) is 0 Å². The van der Waals surface area contributed by atoms with Crippen LogP contribution in [0.5, 0.6) is 0 Å². The summed E-state index contributed by atoms with van der Waals surface area (Å²) in [5, 5.41) is 21.6. The Morgan fingerprint density at radius 2 is 1.75 bits per heavy atom. The van der Waals surface area contributed by atoms with Crippen LogP contribution in [0.4, 0.5) is 0 Å². The van der Waals surface area contributed by atoms with E-state index in [-0.39, 0.29) is 49.1 Å². The van der Waals surface area contributed by atoms with Gasteiger partial charge in [-0.3, -0.25) is 33.6 Å². The number of esters is 1. The molecule has 0 saturated heterocycles. The molecule has 3 saturated carbocycles. The first-order valence-electron chi connectivity index (χ1n) is 17.2. The van der Waals surface area contributed by atoms with Crippen LogP contribution in [0.3, 0.4) is 0 Å². The highest BCUT2D eigenvalue weighted by Gasteiger charge is 2.76. The fourth-order valence-corrected chi connectivity index (χ4v) is 9.72. The number of aliphatic hydroxyl groups is 1. The lowest BCUT2D eigenvalue weighted by atomic mass is 9.45. The largest absolute Gasteiger partial charge is 0.450 e. The predicted octanol–water partition coefficient (Wildman–Crippen LogP) is 1.36. The number of halogens is 2. The van der Waals surface area contributed by atoms with Crippen molar-refractivity contribution < 1.29 is 48.1 Å². The van der Waals surface area contributed by atoms with E-state index in [1.165, 1.54) is 13.0 Å². The van der Waals surface area contributed by atoms with Gasteiger partial charge in [-0.2, -0.15) is 0 Å². The Balaban J connectivity index is 1.40. The number of allylic oxidation sites excluding steroid dienone is 4. The summed E-state index contributed by atoms with van der Waals surface area (Å²) in [5.74, 6) is -4.36. The lowest BCUT2D eigenvalue weighted by Gasteiger charge is -2.64. The second kappa shape index (κ2) is 15.8. The zero-order chi connectivity index (χ0) is 37.9. The topological polar surface area (TPSA) is 206 Å². The van der Waals surface area contributed by atoms with Gasteiger partial charge in [0.05, 0.1) is 29.4 Å². The van der Waals surface area contributed by atoms with Gasteiger partial charge in [-0.15, -0.1) is 11.6 Å². The molecule has 16 heteroatoms. The molecule has 282 valence electrons. The molecule has 4 amide bonds. The minimum absolute atomic E-state index is 0.0250. The summed E-state index contributed by atoms with van der Waals surface area (Å²) >= 11 is 10.5. The van der Waals surface area contributed by atoms with E-state index in [4.69, 9.17) is 21.1 Å². The zero-order valence-corrected chi connectivity index (χ0v) is 31.9. The second-order valence-electron chi connectivity index (χ2n) is 14.4. The van der Waals surface area contributed by atoms with Gasteiger partial charge in [0, 0.05) is 23.2 Å². The second-order valence-corrected chi connectivity index (χ2v) is 15.6. The van der Waals surface area contributed by atoms with E-state index >= 15 is 0 Å². The van der Waals surface area contributed by atoms with Crippen molar-refractivity contribution >= 4 is 68.7 Å². The minimum atomic E-state index is -1.64. The standard InChI is InChI=1S/C35H48BrClN4O10/c1-6-30(48)51-35(26(44)17-50-18-40-28(46)15-39-31(49)20(3)41-29(47)16-38-27(45)14-36)19(2)11-24-23-8-7-21-12-22(42)9-10-32(21,4)34(23,37)25(43)13-33(24,35)5/h9-10,12,19-20,23-25,43H,6-8,11,13-18H2,1-5H3,(H,38,45)(H,39,49)(H,40,46)(H,41,47)/t19-,20-,23-,24?,25-,32-,33-,34-,35-/m0/s1. The van der Waals surface area contributed by atoms with Gasteiger partial charge >= 0.3 is 5.97 Å². The summed E-state index contributed by atoms with van der Waals surface area (Å²) in [6, 6.07) is -0.985. The Kier molecular flexibility index (Phi) is 12.6. The lowest BCUT2D eigenvalue weighted by molar-refractivity contribution is -0.203. The quantitative estimate of drug-likeness (QED) is 0.0739. The van der Waals surface area contributed by atoms with Crippen LogP contribution >= 0.6 is 27.5 Å². The predicted molar refractivity (Wildman–Crippen MR) is 188 cm³/mol. The maximum absolute atomic E-state index is 14.3. The van der Waals surface area contributed by atoms with Crippen LogP contribution in [0.15, 0.2) is 23.8 Å². The molecule has 3 fully saturated rings. The number of aliphatic hydroxyl groups excluding tert-OH is 1. The number of nitrogens with one attached hydrogen (secondary N) is 4. The van der Waals surface area contributed by atoms with Crippen LogP contribution in [0, 0.1) is 28.6 Å². The van der Waals surface area contributed by atoms with Gasteiger partial charge in [0.1, 0.15) is 19.4 Å². The SMILES string of the molecule is CCC(=O)O[C@]1(C(=O)COCNC(=O)CNC(=O)[C@H](C)NC(=O)CNC(=O)CBr)[C@@H](C)CC2[C@@H]3CCC4=CC(=O)C=C[C@]4(C)[C@@]3(Cl)[C@@H](O)C[C@@]21C. The molecule has 51 heavy (non-hydrogen) atoms. The zero-order valence-electron chi connectivity index (χ0n) is 29.6. The molecular weight excluding hydrogens is 752 g/mol. The average Bonchev–Trinajstić information content (AvgIpc) is 3.30. The molecule has 0 radical (unpaired) electrons. The summed E-state index contributed by atoms with van der Waals surface area (Å²) in [6.45, 7) is 7.08. The Hall–Kier alpha value is -3.14. The van der Waals surface area contributed by atoms with Crippen molar-refractivity contribution in [2.45, 2.75) is 89.3 Å². The molecule has 9 atom stereocenters. The maximum atomic E-state index is 14.3. The van der Waals surface area contributed by atoms with E-state index in [2.05, 4.69) is 37.2 Å². The van der Waals surface area contributed by atoms with E-state index < -0.39 is 87.9 Å². The first kappa shape index (κ1) is 40.6. The van der Waals surface area contributed by atoms with Crippen LogP contribution in [0.25, 0.3) is 0 Å². The van der Waals surface area contributed by atoms with Gasteiger partial charge in [-0.05, 0) is 56.6 Å². The number of ketones is 2. The number of Topliss-reactive ketones (excluding diaryl/α,β-unsaturated/α-hetero) is 1. The summed E-state index contributed by atoms with van der Waals surface area (Å²) in [4.78, 5) is 86.3. The molecule has 0 spiro atoms. The molecule has 0 aromatic heterocycles. The van der Waals surface area contributed by atoms with E-state index in [0.717, 1.165) is 5.57 Å². The average molecular weight is 800 g/mol. The van der Waals surface area contributed by atoms with Crippen LogP contribution in [0.2, 0.25) is 0 Å². The smallest absolute Gasteiger partial charge is 0.306 e. The number of alkyl halides is 2. The van der Waals surface area contributed by atoms with E-state index in [1.54, 1.807) is 19.1 Å². The molecule has 0 heterocycles. The monoisotopic (exact) mass is 798 g/mol. The van der Waals surface area contributed by atoms with Crippen LogP contribution in [-0.2, 0) is 43.0 Å². The number of fused-ring (bicyclic) bond motifs is 5. The summed E-state index contributed by atoms with van der Waals surface area (Å²) < 4.78 is 11.7. The third-order valence-corrected chi connectivity index (χ3v) is 13.0. The first-order valence-corrected chi connectivity index (χ1v) is 18.7. The molecule has 14 nitrogen and oxygen atoms in total. The number of carbonyl (C=O) groups is 7. The summed E-state index contributed by atoms with van der Waals surface area (Å²) in [7, 11) is 0. The van der Waals surface area contributed by atoms with Crippen molar-refractivity contribution in [1.82, 2.24) is 21.3 Å². The van der Waals surface area contributed by atoms with E-state index in [0.29, 0.717) is 19.3 Å².